The minimum absolute atomic E-state index is 0.0364. The van der Waals surface area contributed by atoms with Crippen LogP contribution < -0.4 is 21.9 Å². The van der Waals surface area contributed by atoms with Gasteiger partial charge in [0.15, 0.2) is 11.2 Å². The number of hydrogen-bond acceptors (Lipinski definition) is 11. The van der Waals surface area contributed by atoms with Crippen molar-refractivity contribution < 1.29 is 29.1 Å². The van der Waals surface area contributed by atoms with Crippen LogP contribution in [0.1, 0.15) is 41.7 Å². The van der Waals surface area contributed by atoms with Gasteiger partial charge < -0.3 is 21.5 Å². The maximum absolute atomic E-state index is 12.6. The van der Waals surface area contributed by atoms with Gasteiger partial charge in [0.25, 0.3) is 23.3 Å². The summed E-state index contributed by atoms with van der Waals surface area (Å²) in [6.07, 6.45) is 1.88. The normalized spacial score (nSPS) is 14.1. The lowest BCUT2D eigenvalue weighted by Gasteiger charge is -2.16. The topological polar surface area (TPSA) is 223 Å². The van der Waals surface area contributed by atoms with Crippen molar-refractivity contribution in [1.29, 1.82) is 0 Å². The Bertz CT molecular complexity index is 1420. The Morgan fingerprint density at radius 3 is 2.53 bits per heavy atom. The van der Waals surface area contributed by atoms with Gasteiger partial charge in [-0.3, -0.25) is 29.0 Å². The molecule has 3 heterocycles. The maximum Gasteiger partial charge on any atom is 0.326 e. The lowest BCUT2D eigenvalue weighted by molar-refractivity contribution is -0.188. The number of imide groups is 1. The first-order valence-corrected chi connectivity index (χ1v) is 11.6. The van der Waals surface area contributed by atoms with E-state index in [-0.39, 0.29) is 61.5 Å². The number of H-pyrrole nitrogens is 1. The summed E-state index contributed by atoms with van der Waals surface area (Å²) in [5.41, 5.74) is 6.55. The highest BCUT2D eigenvalue weighted by atomic mass is 16.7. The standard InChI is InChI=1S/C23H24N8O7/c24-23-29-19-18(21(35)30-23)27-14(11-26-19)10-25-13-5-3-12(4-6-13)20(34)28-15(22(36)37)2-1-9-38-31-16(32)7-8-17(31)33/h3-6,11,15,25H,1-2,7-10H2,(H,28,34)(H,36,37)(H3,24,26,29,30,35)/t15-/m0/s1. The zero-order chi connectivity index (χ0) is 27.2. The number of benzene rings is 1. The molecule has 1 aliphatic rings. The Kier molecular flexibility index (Phi) is 7.86. The number of hydrogen-bond donors (Lipinski definition) is 5. The molecule has 0 bridgehead atoms. The van der Waals surface area contributed by atoms with Crippen LogP contribution in [0, 0.1) is 0 Å². The van der Waals surface area contributed by atoms with E-state index in [0.717, 1.165) is 0 Å². The molecule has 6 N–H and O–H groups in total. The van der Waals surface area contributed by atoms with Crippen LogP contribution in [-0.4, -0.2) is 66.4 Å². The molecule has 0 unspecified atom stereocenters. The van der Waals surface area contributed by atoms with Gasteiger partial charge in [-0.15, -0.1) is 0 Å². The molecule has 1 fully saturated rings. The Hall–Kier alpha value is -4.92. The van der Waals surface area contributed by atoms with Crippen molar-refractivity contribution in [2.45, 2.75) is 38.3 Å². The van der Waals surface area contributed by atoms with Gasteiger partial charge in [-0.1, -0.05) is 0 Å². The maximum atomic E-state index is 12.6. The van der Waals surface area contributed by atoms with Gasteiger partial charge in [-0.05, 0) is 37.1 Å². The molecule has 15 nitrogen and oxygen atoms in total. The number of rotatable bonds is 11. The largest absolute Gasteiger partial charge is 0.480 e. The van der Waals surface area contributed by atoms with Gasteiger partial charge >= 0.3 is 5.97 Å². The number of carbonyl (C=O) groups excluding carboxylic acids is 3. The monoisotopic (exact) mass is 524 g/mol. The van der Waals surface area contributed by atoms with Crippen LogP contribution in [0.5, 0.6) is 0 Å². The minimum atomic E-state index is -1.22. The van der Waals surface area contributed by atoms with Crippen molar-refractivity contribution in [2.75, 3.05) is 17.7 Å². The van der Waals surface area contributed by atoms with E-state index in [1.54, 1.807) is 12.1 Å². The number of nitrogen functional groups attached to an aromatic ring is 1. The van der Waals surface area contributed by atoms with Crippen molar-refractivity contribution >= 4 is 46.5 Å². The van der Waals surface area contributed by atoms with Gasteiger partial charge in [-0.2, -0.15) is 10.0 Å². The van der Waals surface area contributed by atoms with Crippen molar-refractivity contribution in [3.8, 4) is 0 Å². The van der Waals surface area contributed by atoms with Crippen LogP contribution in [0.15, 0.2) is 35.3 Å². The third-order valence-electron chi connectivity index (χ3n) is 5.57. The lowest BCUT2D eigenvalue weighted by atomic mass is 10.1. The zero-order valence-electron chi connectivity index (χ0n) is 20.0. The lowest BCUT2D eigenvalue weighted by Crippen LogP contribution is -2.41. The Labute approximate surface area is 214 Å². The number of anilines is 2. The summed E-state index contributed by atoms with van der Waals surface area (Å²) in [6, 6.07) is 5.12. The molecular weight excluding hydrogens is 500 g/mol. The highest BCUT2D eigenvalue weighted by Gasteiger charge is 2.30. The summed E-state index contributed by atoms with van der Waals surface area (Å²) in [6.45, 7) is 0.189. The summed E-state index contributed by atoms with van der Waals surface area (Å²) in [4.78, 5) is 78.9. The number of amides is 3. The van der Waals surface area contributed by atoms with E-state index in [0.29, 0.717) is 16.4 Å². The van der Waals surface area contributed by atoms with Crippen LogP contribution in [-0.2, 0) is 25.8 Å². The first-order valence-electron chi connectivity index (χ1n) is 11.6. The molecule has 0 spiro atoms. The molecular formula is C23H24N8O7. The third-order valence-corrected chi connectivity index (χ3v) is 5.57. The van der Waals surface area contributed by atoms with Crippen molar-refractivity contribution in [3.63, 3.8) is 0 Å². The number of carboxylic acid groups (broad SMARTS) is 1. The van der Waals surface area contributed by atoms with E-state index in [1.165, 1.54) is 18.3 Å². The van der Waals surface area contributed by atoms with E-state index in [1.807, 2.05) is 0 Å². The fraction of sp³-hybridized carbons (Fsp3) is 0.304. The number of aliphatic carboxylic acids is 1. The molecule has 198 valence electrons. The molecule has 1 atom stereocenters. The molecule has 3 amide bonds. The second-order valence-corrected chi connectivity index (χ2v) is 8.34. The molecule has 2 aromatic heterocycles. The number of carbonyl (C=O) groups is 4. The van der Waals surface area contributed by atoms with Gasteiger partial charge in [0.2, 0.25) is 5.95 Å². The van der Waals surface area contributed by atoms with Gasteiger partial charge in [-0.25, -0.2) is 14.8 Å². The van der Waals surface area contributed by atoms with E-state index in [4.69, 9.17) is 10.6 Å². The van der Waals surface area contributed by atoms with Gasteiger partial charge in [0.1, 0.15) is 6.04 Å². The summed E-state index contributed by atoms with van der Waals surface area (Å²) < 4.78 is 0. The predicted molar refractivity (Wildman–Crippen MR) is 131 cm³/mol. The van der Waals surface area contributed by atoms with Crippen LogP contribution in [0.3, 0.4) is 0 Å². The van der Waals surface area contributed by atoms with Crippen molar-refractivity contribution in [3.05, 3.63) is 52.1 Å². The first-order chi connectivity index (χ1) is 18.2. The molecule has 1 aliphatic heterocycles. The molecule has 4 rings (SSSR count). The predicted octanol–water partition coefficient (Wildman–Crippen LogP) is -0.0488. The summed E-state index contributed by atoms with van der Waals surface area (Å²) >= 11 is 0. The average Bonchev–Trinajstić information content (AvgIpc) is 3.21. The molecule has 0 aliphatic carbocycles. The number of nitrogens with two attached hydrogens (primary N) is 1. The minimum Gasteiger partial charge on any atom is -0.480 e. The molecule has 1 saturated heterocycles. The summed E-state index contributed by atoms with van der Waals surface area (Å²) in [5.74, 6) is -2.72. The Morgan fingerprint density at radius 2 is 1.84 bits per heavy atom. The van der Waals surface area contributed by atoms with Gasteiger partial charge in [0.05, 0.1) is 25.0 Å². The van der Waals surface area contributed by atoms with E-state index in [2.05, 4.69) is 30.6 Å². The Balaban J connectivity index is 1.28. The van der Waals surface area contributed by atoms with Crippen LogP contribution in [0.25, 0.3) is 11.2 Å². The molecule has 38 heavy (non-hydrogen) atoms. The number of nitrogens with zero attached hydrogens (tertiary/aromatic N) is 4. The number of carboxylic acids is 1. The highest BCUT2D eigenvalue weighted by Crippen LogP contribution is 2.14. The molecule has 0 radical (unpaired) electrons. The van der Waals surface area contributed by atoms with Crippen molar-refractivity contribution in [1.82, 2.24) is 30.3 Å². The second kappa shape index (κ2) is 11.4. The van der Waals surface area contributed by atoms with E-state index in [9.17, 15) is 29.1 Å². The zero-order valence-corrected chi connectivity index (χ0v) is 20.0. The number of aromatic amines is 1. The number of fused-ring (bicyclic) bond motifs is 1. The smallest absolute Gasteiger partial charge is 0.326 e. The van der Waals surface area contributed by atoms with Gasteiger partial charge in [0, 0.05) is 24.1 Å². The Morgan fingerprint density at radius 1 is 1.13 bits per heavy atom. The summed E-state index contributed by atoms with van der Waals surface area (Å²) in [7, 11) is 0. The van der Waals surface area contributed by atoms with E-state index < -0.39 is 35.3 Å². The van der Waals surface area contributed by atoms with Crippen LogP contribution in [0.2, 0.25) is 0 Å². The molecule has 15 heteroatoms. The summed E-state index contributed by atoms with van der Waals surface area (Å²) in [5, 5.41) is 15.7. The fourth-order valence-corrected chi connectivity index (χ4v) is 3.63. The van der Waals surface area contributed by atoms with Crippen molar-refractivity contribution in [2.24, 2.45) is 0 Å². The fourth-order valence-electron chi connectivity index (χ4n) is 3.63. The third kappa shape index (κ3) is 6.25. The molecule has 0 saturated carbocycles. The number of hydroxylamine groups is 2. The number of aromatic nitrogens is 4. The van der Waals surface area contributed by atoms with E-state index >= 15 is 0 Å². The highest BCUT2D eigenvalue weighted by molar-refractivity contribution is 6.00. The molecule has 1 aromatic carbocycles. The average molecular weight is 524 g/mol. The number of nitrogens with one attached hydrogen (secondary N) is 3. The first kappa shape index (κ1) is 26.2. The quantitative estimate of drug-likeness (QED) is 0.164. The van der Waals surface area contributed by atoms with Crippen LogP contribution >= 0.6 is 0 Å². The molecule has 3 aromatic rings. The van der Waals surface area contributed by atoms with Crippen LogP contribution in [0.4, 0.5) is 11.6 Å². The SMILES string of the molecule is Nc1nc2ncc(CNc3ccc(C(=O)N[C@@H](CCCON4C(=O)CCC4=O)C(=O)O)cc3)nc2c(=O)[nH]1. The second-order valence-electron chi connectivity index (χ2n) is 8.34.